The molecule has 0 aliphatic carbocycles. The van der Waals surface area contributed by atoms with Crippen molar-refractivity contribution in [3.8, 4) is 0 Å². The van der Waals surface area contributed by atoms with Gasteiger partial charge in [-0.15, -0.1) is 16.4 Å². The molecule has 0 fully saturated rings. The third kappa shape index (κ3) is 4.45. The number of carbonyl (C=O) groups excluding carboxylic acids is 1. The Bertz CT molecular complexity index is 632. The van der Waals surface area contributed by atoms with Crippen LogP contribution in [-0.2, 0) is 17.9 Å². The van der Waals surface area contributed by atoms with Gasteiger partial charge in [0.2, 0.25) is 5.91 Å². The minimum atomic E-state index is -0.156. The number of carbonyl (C=O) groups is 1. The van der Waals surface area contributed by atoms with Crippen LogP contribution in [0.2, 0.25) is 0 Å². The van der Waals surface area contributed by atoms with Crippen LogP contribution in [0.5, 0.6) is 0 Å². The molecule has 112 valence electrons. The number of amides is 1. The lowest BCUT2D eigenvalue weighted by Gasteiger charge is -2.04. The van der Waals surface area contributed by atoms with Crippen LogP contribution in [-0.4, -0.2) is 20.6 Å². The van der Waals surface area contributed by atoms with Gasteiger partial charge in [-0.1, -0.05) is 18.3 Å². The van der Waals surface area contributed by atoms with Crippen molar-refractivity contribution in [1.82, 2.24) is 14.9 Å². The normalized spacial score (nSPS) is 11.4. The molecule has 0 saturated carbocycles. The molecular formula is C14H17N3O2S2. The minimum absolute atomic E-state index is 0.0207. The summed E-state index contributed by atoms with van der Waals surface area (Å²) in [5.41, 5.74) is 1.80. The highest BCUT2D eigenvalue weighted by Crippen LogP contribution is 2.19. The summed E-state index contributed by atoms with van der Waals surface area (Å²) in [6, 6.07) is 1.86. The summed E-state index contributed by atoms with van der Waals surface area (Å²) in [6.45, 7) is 4.57. The maximum atomic E-state index is 11.8. The van der Waals surface area contributed by atoms with Gasteiger partial charge in [-0.2, -0.15) is 0 Å². The van der Waals surface area contributed by atoms with Crippen molar-refractivity contribution in [2.24, 2.45) is 0 Å². The van der Waals surface area contributed by atoms with Gasteiger partial charge in [-0.25, -0.2) is 0 Å². The van der Waals surface area contributed by atoms with Gasteiger partial charge >= 0.3 is 0 Å². The lowest BCUT2D eigenvalue weighted by molar-refractivity contribution is -0.116. The van der Waals surface area contributed by atoms with Crippen molar-refractivity contribution in [1.29, 1.82) is 0 Å². The molecule has 0 aromatic carbocycles. The Morgan fingerprint density at radius 3 is 3.00 bits per heavy atom. The Balaban J connectivity index is 1.88. The van der Waals surface area contributed by atoms with Crippen LogP contribution in [0.25, 0.3) is 6.08 Å². The number of nitrogens with one attached hydrogen (secondary N) is 1. The predicted octanol–water partition coefficient (Wildman–Crippen LogP) is 2.54. The summed E-state index contributed by atoms with van der Waals surface area (Å²) in [5.74, 6) is 0.145. The Hall–Kier alpha value is -1.57. The zero-order chi connectivity index (χ0) is 15.2. The molecule has 2 aromatic rings. The van der Waals surface area contributed by atoms with E-state index in [0.29, 0.717) is 12.5 Å². The van der Waals surface area contributed by atoms with Crippen molar-refractivity contribution < 1.29 is 9.90 Å². The summed E-state index contributed by atoms with van der Waals surface area (Å²) in [4.78, 5) is 13.7. The molecule has 2 N–H and O–H groups in total. The number of aromatic nitrogens is 2. The van der Waals surface area contributed by atoms with E-state index < -0.39 is 0 Å². The number of aliphatic hydroxyl groups is 1. The van der Waals surface area contributed by atoms with Crippen LogP contribution in [0.1, 0.15) is 40.8 Å². The second-order valence-electron chi connectivity index (χ2n) is 4.80. The van der Waals surface area contributed by atoms with Gasteiger partial charge in [0.05, 0.1) is 23.7 Å². The third-order valence-electron chi connectivity index (χ3n) is 2.81. The molecule has 1 amide bonds. The number of hydrogen-bond acceptors (Lipinski definition) is 6. The number of rotatable bonds is 6. The Morgan fingerprint density at radius 2 is 2.33 bits per heavy atom. The van der Waals surface area contributed by atoms with Gasteiger partial charge in [0, 0.05) is 11.0 Å². The Kier molecular flexibility index (Phi) is 5.60. The first-order valence-corrected chi connectivity index (χ1v) is 8.20. The summed E-state index contributed by atoms with van der Waals surface area (Å²) >= 11 is 2.81. The summed E-state index contributed by atoms with van der Waals surface area (Å²) in [5, 5.41) is 17.8. The fraction of sp³-hybridized carbons (Fsp3) is 0.357. The molecule has 7 heteroatoms. The molecule has 21 heavy (non-hydrogen) atoms. The summed E-state index contributed by atoms with van der Waals surface area (Å²) in [6.07, 6.45) is 3.24. The van der Waals surface area contributed by atoms with E-state index in [9.17, 15) is 4.79 Å². The van der Waals surface area contributed by atoms with E-state index in [1.807, 2.05) is 11.4 Å². The standard InChI is InChI=1S/C14H17N3O2S2/c1-9(2)14-12(21-17-16-14)6-15-13(19)4-3-11-5-10(7-18)8-20-11/h3-5,8-9,18H,6-7H2,1-2H3,(H,15,19)/b4-3+. The monoisotopic (exact) mass is 323 g/mol. The van der Waals surface area contributed by atoms with Crippen LogP contribution in [0.4, 0.5) is 0 Å². The fourth-order valence-electron chi connectivity index (χ4n) is 1.73. The summed E-state index contributed by atoms with van der Waals surface area (Å²) in [7, 11) is 0. The van der Waals surface area contributed by atoms with E-state index in [4.69, 9.17) is 5.11 Å². The molecule has 5 nitrogen and oxygen atoms in total. The van der Waals surface area contributed by atoms with Crippen molar-refractivity contribution >= 4 is 34.9 Å². The highest BCUT2D eigenvalue weighted by molar-refractivity contribution is 7.11. The third-order valence-corrected chi connectivity index (χ3v) is 4.49. The molecule has 2 aromatic heterocycles. The van der Waals surface area contributed by atoms with Crippen molar-refractivity contribution in [2.45, 2.75) is 32.9 Å². The van der Waals surface area contributed by atoms with Crippen LogP contribution in [0.15, 0.2) is 17.5 Å². The average molecular weight is 323 g/mol. The molecule has 0 atom stereocenters. The van der Waals surface area contributed by atoms with Gasteiger partial charge in [0.1, 0.15) is 0 Å². The maximum Gasteiger partial charge on any atom is 0.244 e. The van der Waals surface area contributed by atoms with Crippen LogP contribution < -0.4 is 5.32 Å². The lowest BCUT2D eigenvalue weighted by atomic mass is 10.1. The van der Waals surface area contributed by atoms with Gasteiger partial charge in [0.15, 0.2) is 0 Å². The van der Waals surface area contributed by atoms with Gasteiger partial charge in [-0.05, 0) is 40.5 Å². The highest BCUT2D eigenvalue weighted by Gasteiger charge is 2.11. The summed E-state index contributed by atoms with van der Waals surface area (Å²) < 4.78 is 3.93. The first-order valence-electron chi connectivity index (χ1n) is 6.55. The van der Waals surface area contributed by atoms with Crippen molar-refractivity contribution in [3.63, 3.8) is 0 Å². The van der Waals surface area contributed by atoms with E-state index in [1.165, 1.54) is 28.9 Å². The molecule has 0 spiro atoms. The number of nitrogens with zero attached hydrogens (tertiary/aromatic N) is 2. The zero-order valence-electron chi connectivity index (χ0n) is 11.9. The van der Waals surface area contributed by atoms with E-state index >= 15 is 0 Å². The second-order valence-corrected chi connectivity index (χ2v) is 6.58. The van der Waals surface area contributed by atoms with Crippen LogP contribution in [0.3, 0.4) is 0 Å². The Morgan fingerprint density at radius 1 is 1.52 bits per heavy atom. The van der Waals surface area contributed by atoms with Gasteiger partial charge < -0.3 is 10.4 Å². The van der Waals surface area contributed by atoms with Crippen molar-refractivity contribution in [3.05, 3.63) is 38.5 Å². The number of aliphatic hydroxyl groups excluding tert-OH is 1. The van der Waals surface area contributed by atoms with E-state index in [2.05, 4.69) is 28.8 Å². The van der Waals surface area contributed by atoms with E-state index in [-0.39, 0.29) is 12.5 Å². The quantitative estimate of drug-likeness (QED) is 0.801. The molecular weight excluding hydrogens is 306 g/mol. The molecule has 0 aliphatic heterocycles. The molecule has 0 aliphatic rings. The minimum Gasteiger partial charge on any atom is -0.392 e. The first kappa shape index (κ1) is 15.8. The molecule has 0 bridgehead atoms. The number of hydrogen-bond donors (Lipinski definition) is 2. The molecule has 0 unspecified atom stereocenters. The molecule has 2 heterocycles. The van der Waals surface area contributed by atoms with Crippen LogP contribution in [0, 0.1) is 0 Å². The van der Waals surface area contributed by atoms with Gasteiger partial charge in [-0.3, -0.25) is 4.79 Å². The van der Waals surface area contributed by atoms with Crippen LogP contribution >= 0.6 is 22.9 Å². The lowest BCUT2D eigenvalue weighted by Crippen LogP contribution is -2.20. The largest absolute Gasteiger partial charge is 0.392 e. The maximum absolute atomic E-state index is 11.8. The number of thiophene rings is 1. The van der Waals surface area contributed by atoms with E-state index in [0.717, 1.165) is 21.0 Å². The smallest absolute Gasteiger partial charge is 0.244 e. The molecule has 0 saturated heterocycles. The first-order chi connectivity index (χ1) is 10.1. The SMILES string of the molecule is CC(C)c1nnsc1CNC(=O)/C=C/c1cc(CO)cs1. The second kappa shape index (κ2) is 7.44. The predicted molar refractivity (Wildman–Crippen MR) is 85.1 cm³/mol. The molecule has 0 radical (unpaired) electrons. The molecule has 2 rings (SSSR count). The highest BCUT2D eigenvalue weighted by atomic mass is 32.1. The van der Waals surface area contributed by atoms with Crippen molar-refractivity contribution in [2.75, 3.05) is 0 Å². The average Bonchev–Trinajstić information content (AvgIpc) is 3.11. The fourth-order valence-corrected chi connectivity index (χ4v) is 3.26. The zero-order valence-corrected chi connectivity index (χ0v) is 13.5. The van der Waals surface area contributed by atoms with Gasteiger partial charge in [0.25, 0.3) is 0 Å². The topological polar surface area (TPSA) is 75.1 Å². The van der Waals surface area contributed by atoms with E-state index in [1.54, 1.807) is 6.08 Å². The Labute approximate surface area is 131 Å².